The lowest BCUT2D eigenvalue weighted by molar-refractivity contribution is -0.139. The zero-order valence-electron chi connectivity index (χ0n) is 22.0. The maximum atomic E-state index is 13.8. The molecule has 10 nitrogen and oxygen atoms in total. The molecule has 0 bridgehead atoms. The number of sulfonamides is 1. The average Bonchev–Trinajstić information content (AvgIpc) is 3.38. The number of methoxy groups -OCH3 is 1. The Morgan fingerprint density at radius 3 is 2.53 bits per heavy atom. The van der Waals surface area contributed by atoms with E-state index in [-0.39, 0.29) is 31.0 Å². The van der Waals surface area contributed by atoms with Gasteiger partial charge in [-0.2, -0.15) is 0 Å². The summed E-state index contributed by atoms with van der Waals surface area (Å²) in [5.41, 5.74) is 1.02. The Morgan fingerprint density at radius 2 is 1.82 bits per heavy atom. The standard InChI is InChI=1S/C27H35N3O7S/c1-19(27(32)28-21-9-5-4-6-10-21)29(16-20-8-7-11-23(14-20)35-2)26(31)17-30(38(3,33)34)22-12-13-24-25(15-22)37-18-36-24/h7-8,11-15,19,21H,4-6,9-10,16-18H2,1-3H3,(H,28,32)/t19-/m0/s1. The second kappa shape index (κ2) is 11.9. The van der Waals surface area contributed by atoms with Crippen LogP contribution in [-0.4, -0.2) is 63.9 Å². The molecule has 0 spiro atoms. The van der Waals surface area contributed by atoms with Crippen molar-refractivity contribution in [1.29, 1.82) is 0 Å². The van der Waals surface area contributed by atoms with Gasteiger partial charge >= 0.3 is 0 Å². The minimum Gasteiger partial charge on any atom is -0.497 e. The molecule has 2 aromatic rings. The zero-order chi connectivity index (χ0) is 27.3. The van der Waals surface area contributed by atoms with Crippen LogP contribution in [0.1, 0.15) is 44.6 Å². The van der Waals surface area contributed by atoms with E-state index < -0.39 is 28.5 Å². The van der Waals surface area contributed by atoms with Gasteiger partial charge in [0.25, 0.3) is 0 Å². The molecule has 0 saturated heterocycles. The van der Waals surface area contributed by atoms with Gasteiger partial charge in [0, 0.05) is 18.7 Å². The fourth-order valence-corrected chi connectivity index (χ4v) is 5.61. The number of fused-ring (bicyclic) bond motifs is 1. The van der Waals surface area contributed by atoms with Gasteiger partial charge in [-0.15, -0.1) is 0 Å². The van der Waals surface area contributed by atoms with E-state index in [1.807, 2.05) is 6.07 Å². The monoisotopic (exact) mass is 545 g/mol. The topological polar surface area (TPSA) is 114 Å². The Morgan fingerprint density at radius 1 is 1.08 bits per heavy atom. The number of rotatable bonds is 10. The van der Waals surface area contributed by atoms with Crippen LogP contribution in [0.5, 0.6) is 17.2 Å². The SMILES string of the molecule is COc1cccc(CN(C(=O)CN(c2ccc3c(c2)OCO3)S(C)(=O)=O)[C@@H](C)C(=O)NC2CCCCC2)c1. The largest absolute Gasteiger partial charge is 0.497 e. The first-order valence-corrected chi connectivity index (χ1v) is 14.6. The summed E-state index contributed by atoms with van der Waals surface area (Å²) in [6, 6.07) is 11.2. The molecule has 0 aromatic heterocycles. The quantitative estimate of drug-likeness (QED) is 0.488. The minimum absolute atomic E-state index is 0.0402. The zero-order valence-corrected chi connectivity index (χ0v) is 22.8. The molecular formula is C27H35N3O7S. The van der Waals surface area contributed by atoms with Gasteiger partial charge in [-0.25, -0.2) is 8.42 Å². The van der Waals surface area contributed by atoms with Crippen molar-refractivity contribution in [3.8, 4) is 17.2 Å². The lowest BCUT2D eigenvalue weighted by Crippen LogP contribution is -2.52. The van der Waals surface area contributed by atoms with Crippen molar-refractivity contribution in [2.24, 2.45) is 0 Å². The number of anilines is 1. The van der Waals surface area contributed by atoms with Crippen LogP contribution in [0, 0.1) is 0 Å². The second-order valence-electron chi connectivity index (χ2n) is 9.70. The Bertz CT molecular complexity index is 1260. The number of nitrogens with one attached hydrogen (secondary N) is 1. The predicted octanol–water partition coefficient (Wildman–Crippen LogP) is 3.06. The highest BCUT2D eigenvalue weighted by Gasteiger charge is 2.32. The van der Waals surface area contributed by atoms with Gasteiger partial charge in [0.1, 0.15) is 18.3 Å². The maximum absolute atomic E-state index is 13.8. The first-order valence-electron chi connectivity index (χ1n) is 12.8. The lowest BCUT2D eigenvalue weighted by Gasteiger charge is -2.33. The molecule has 1 aliphatic heterocycles. The third kappa shape index (κ3) is 6.69. The predicted molar refractivity (Wildman–Crippen MR) is 143 cm³/mol. The summed E-state index contributed by atoms with van der Waals surface area (Å²) in [5, 5.41) is 3.09. The fraction of sp³-hybridized carbons (Fsp3) is 0.481. The van der Waals surface area contributed by atoms with E-state index in [4.69, 9.17) is 14.2 Å². The molecule has 0 unspecified atom stereocenters. The Balaban J connectivity index is 1.59. The number of hydrogen-bond acceptors (Lipinski definition) is 7. The lowest BCUT2D eigenvalue weighted by atomic mass is 9.95. The highest BCUT2D eigenvalue weighted by molar-refractivity contribution is 7.92. The van der Waals surface area contributed by atoms with Crippen molar-refractivity contribution in [3.63, 3.8) is 0 Å². The number of carbonyl (C=O) groups excluding carboxylic acids is 2. The molecule has 2 aromatic carbocycles. The van der Waals surface area contributed by atoms with Gasteiger partial charge in [-0.05, 0) is 49.6 Å². The van der Waals surface area contributed by atoms with E-state index >= 15 is 0 Å². The third-order valence-corrected chi connectivity index (χ3v) is 8.07. The molecule has 1 N–H and O–H groups in total. The molecule has 38 heavy (non-hydrogen) atoms. The summed E-state index contributed by atoms with van der Waals surface area (Å²) in [5.74, 6) is 0.745. The van der Waals surface area contributed by atoms with Crippen LogP contribution in [0.25, 0.3) is 0 Å². The molecule has 1 heterocycles. The molecule has 0 radical (unpaired) electrons. The summed E-state index contributed by atoms with van der Waals surface area (Å²) >= 11 is 0. The molecule has 1 aliphatic carbocycles. The highest BCUT2D eigenvalue weighted by Crippen LogP contribution is 2.36. The number of ether oxygens (including phenoxy) is 3. The molecule has 206 valence electrons. The van der Waals surface area contributed by atoms with E-state index in [9.17, 15) is 18.0 Å². The van der Waals surface area contributed by atoms with Crippen LogP contribution < -0.4 is 23.8 Å². The van der Waals surface area contributed by atoms with Gasteiger partial charge in [-0.3, -0.25) is 13.9 Å². The second-order valence-corrected chi connectivity index (χ2v) is 11.6. The molecule has 11 heteroatoms. The van der Waals surface area contributed by atoms with E-state index in [1.165, 1.54) is 11.0 Å². The minimum atomic E-state index is -3.85. The molecule has 2 amide bonds. The van der Waals surface area contributed by atoms with Gasteiger partial charge in [-0.1, -0.05) is 31.4 Å². The van der Waals surface area contributed by atoms with Crippen LogP contribution >= 0.6 is 0 Å². The third-order valence-electron chi connectivity index (χ3n) is 6.93. The summed E-state index contributed by atoms with van der Waals surface area (Å²) in [4.78, 5) is 28.4. The van der Waals surface area contributed by atoms with Crippen LogP contribution in [0.4, 0.5) is 5.69 Å². The van der Waals surface area contributed by atoms with Crippen molar-refractivity contribution in [2.75, 3.05) is 31.0 Å². The average molecular weight is 546 g/mol. The van der Waals surface area contributed by atoms with Crippen molar-refractivity contribution < 1.29 is 32.2 Å². The van der Waals surface area contributed by atoms with Crippen molar-refractivity contribution >= 4 is 27.5 Å². The maximum Gasteiger partial charge on any atom is 0.244 e. The summed E-state index contributed by atoms with van der Waals surface area (Å²) in [7, 11) is -2.29. The fourth-order valence-electron chi connectivity index (χ4n) is 4.77. The summed E-state index contributed by atoms with van der Waals surface area (Å²) in [6.45, 7) is 1.33. The molecule has 1 fully saturated rings. The number of hydrogen-bond donors (Lipinski definition) is 1. The van der Waals surface area contributed by atoms with Crippen molar-refractivity contribution in [2.45, 2.75) is 57.7 Å². The summed E-state index contributed by atoms with van der Waals surface area (Å²) < 4.78 is 42.6. The smallest absolute Gasteiger partial charge is 0.244 e. The Kier molecular flexibility index (Phi) is 8.65. The van der Waals surface area contributed by atoms with Crippen LogP contribution in [0.15, 0.2) is 42.5 Å². The van der Waals surface area contributed by atoms with Gasteiger partial charge < -0.3 is 24.4 Å². The molecular weight excluding hydrogens is 510 g/mol. The molecule has 2 aliphatic rings. The van der Waals surface area contributed by atoms with E-state index in [1.54, 1.807) is 44.4 Å². The van der Waals surface area contributed by atoms with Gasteiger partial charge in [0.05, 0.1) is 19.1 Å². The normalized spacial score (nSPS) is 16.0. The first kappa shape index (κ1) is 27.6. The number of nitrogens with zero attached hydrogens (tertiary/aromatic N) is 2. The van der Waals surface area contributed by atoms with Crippen molar-refractivity contribution in [1.82, 2.24) is 10.2 Å². The van der Waals surface area contributed by atoms with Crippen LogP contribution in [0.3, 0.4) is 0 Å². The number of amides is 2. The van der Waals surface area contributed by atoms with Crippen molar-refractivity contribution in [3.05, 3.63) is 48.0 Å². The van der Waals surface area contributed by atoms with E-state index in [0.29, 0.717) is 17.2 Å². The van der Waals surface area contributed by atoms with E-state index in [0.717, 1.165) is 48.2 Å². The first-order chi connectivity index (χ1) is 18.2. The Labute approximate surface area is 223 Å². The van der Waals surface area contributed by atoms with Crippen LogP contribution in [-0.2, 0) is 26.2 Å². The number of carbonyl (C=O) groups is 2. The molecule has 4 rings (SSSR count). The van der Waals surface area contributed by atoms with Gasteiger partial charge in [0.2, 0.25) is 28.6 Å². The van der Waals surface area contributed by atoms with Gasteiger partial charge in [0.15, 0.2) is 11.5 Å². The summed E-state index contributed by atoms with van der Waals surface area (Å²) in [6.07, 6.45) is 6.14. The number of benzene rings is 2. The highest BCUT2D eigenvalue weighted by atomic mass is 32.2. The molecule has 1 atom stereocenters. The van der Waals surface area contributed by atoms with E-state index in [2.05, 4.69) is 5.32 Å². The molecule has 1 saturated carbocycles. The Hall–Kier alpha value is -3.47. The van der Waals surface area contributed by atoms with Crippen LogP contribution in [0.2, 0.25) is 0 Å².